The Kier molecular flexibility index (Phi) is 5.97. The zero-order chi connectivity index (χ0) is 17.0. The van der Waals surface area contributed by atoms with Gasteiger partial charge >= 0.3 is 5.97 Å². The van der Waals surface area contributed by atoms with Crippen LogP contribution >= 0.6 is 23.4 Å². The third kappa shape index (κ3) is 4.43. The number of thioether (sulfide) groups is 1. The van der Waals surface area contributed by atoms with Crippen LogP contribution in [0.4, 0.5) is 5.69 Å². The summed E-state index contributed by atoms with van der Waals surface area (Å²) < 4.78 is 4.76. The molecule has 122 valence electrons. The van der Waals surface area contributed by atoms with Crippen molar-refractivity contribution in [3.8, 4) is 0 Å². The number of rotatable bonds is 5. The van der Waals surface area contributed by atoms with Crippen molar-refractivity contribution >= 4 is 35.0 Å². The third-order valence-corrected chi connectivity index (χ3v) is 5.11. The molecule has 0 bridgehead atoms. The summed E-state index contributed by atoms with van der Waals surface area (Å²) in [6.45, 7) is 4.12. The molecule has 23 heavy (non-hydrogen) atoms. The van der Waals surface area contributed by atoms with E-state index in [-0.39, 0.29) is 17.0 Å². The van der Waals surface area contributed by atoms with Gasteiger partial charge in [0.2, 0.25) is 0 Å². The van der Waals surface area contributed by atoms with Gasteiger partial charge in [0, 0.05) is 10.7 Å². The van der Waals surface area contributed by atoms with Crippen LogP contribution in [0.1, 0.15) is 27.5 Å². The summed E-state index contributed by atoms with van der Waals surface area (Å²) in [6, 6.07) is 11.7. The Bertz CT molecular complexity index is 718. The van der Waals surface area contributed by atoms with Crippen LogP contribution in [-0.2, 0) is 9.53 Å². The van der Waals surface area contributed by atoms with Crippen molar-refractivity contribution in [3.05, 3.63) is 63.7 Å². The van der Waals surface area contributed by atoms with Crippen molar-refractivity contribution < 1.29 is 9.53 Å². The van der Waals surface area contributed by atoms with Gasteiger partial charge in [-0.25, -0.2) is 0 Å². The van der Waals surface area contributed by atoms with Gasteiger partial charge in [-0.2, -0.15) is 0 Å². The van der Waals surface area contributed by atoms with E-state index < -0.39 is 0 Å². The number of carbonyl (C=O) groups excluding carboxylic acids is 1. The second-order valence-electron chi connectivity index (χ2n) is 5.40. The van der Waals surface area contributed by atoms with E-state index >= 15 is 0 Å². The molecule has 0 amide bonds. The summed E-state index contributed by atoms with van der Waals surface area (Å²) in [5, 5.41) is 0.552. The molecule has 1 atom stereocenters. The zero-order valence-electron chi connectivity index (χ0n) is 13.4. The van der Waals surface area contributed by atoms with Crippen molar-refractivity contribution in [1.29, 1.82) is 0 Å². The fourth-order valence-electron chi connectivity index (χ4n) is 2.45. The molecular weight excluding hydrogens is 330 g/mol. The molecule has 0 aliphatic rings. The third-order valence-electron chi connectivity index (χ3n) is 3.63. The first-order valence-corrected chi connectivity index (χ1v) is 8.65. The van der Waals surface area contributed by atoms with E-state index in [1.54, 1.807) is 12.1 Å². The van der Waals surface area contributed by atoms with Gasteiger partial charge in [0.1, 0.15) is 0 Å². The van der Waals surface area contributed by atoms with Crippen LogP contribution in [-0.4, -0.2) is 18.8 Å². The van der Waals surface area contributed by atoms with Crippen molar-refractivity contribution in [2.24, 2.45) is 0 Å². The minimum Gasteiger partial charge on any atom is -0.468 e. The molecule has 0 spiro atoms. The predicted octanol–water partition coefficient (Wildman–Crippen LogP) is 4.53. The van der Waals surface area contributed by atoms with Crippen LogP contribution in [0, 0.1) is 13.8 Å². The topological polar surface area (TPSA) is 52.3 Å². The summed E-state index contributed by atoms with van der Waals surface area (Å²) in [5.41, 5.74) is 11.2. The Labute approximate surface area is 146 Å². The summed E-state index contributed by atoms with van der Waals surface area (Å²) in [6.07, 6.45) is 0. The average molecular weight is 350 g/mol. The second kappa shape index (κ2) is 7.75. The van der Waals surface area contributed by atoms with E-state index in [1.807, 2.05) is 6.07 Å². The number of carbonyl (C=O) groups is 1. The number of halogens is 1. The monoisotopic (exact) mass is 349 g/mol. The van der Waals surface area contributed by atoms with Gasteiger partial charge in [-0.1, -0.05) is 35.4 Å². The van der Waals surface area contributed by atoms with Crippen LogP contribution in [0.5, 0.6) is 0 Å². The quantitative estimate of drug-likeness (QED) is 0.636. The maximum absolute atomic E-state index is 11.6. The number of nitrogen functional groups attached to an aromatic ring is 1. The summed E-state index contributed by atoms with van der Waals surface area (Å²) in [7, 11) is 1.39. The minimum absolute atomic E-state index is 0.0756. The molecular formula is C18H20ClNO2S. The molecule has 0 fully saturated rings. The van der Waals surface area contributed by atoms with Gasteiger partial charge in [-0.15, -0.1) is 11.8 Å². The van der Waals surface area contributed by atoms with E-state index in [9.17, 15) is 4.79 Å². The maximum Gasteiger partial charge on any atom is 0.315 e. The van der Waals surface area contributed by atoms with E-state index in [1.165, 1.54) is 24.4 Å². The highest BCUT2D eigenvalue weighted by Crippen LogP contribution is 2.41. The lowest BCUT2D eigenvalue weighted by molar-refractivity contribution is -0.137. The molecule has 2 aromatic carbocycles. The molecule has 0 aliphatic heterocycles. The van der Waals surface area contributed by atoms with Gasteiger partial charge < -0.3 is 10.5 Å². The molecule has 0 saturated heterocycles. The highest BCUT2D eigenvalue weighted by Gasteiger charge is 2.21. The average Bonchev–Trinajstić information content (AvgIpc) is 2.51. The summed E-state index contributed by atoms with van der Waals surface area (Å²) in [4.78, 5) is 11.6. The fraction of sp³-hybridized carbons (Fsp3) is 0.278. The number of esters is 1. The van der Waals surface area contributed by atoms with Crippen LogP contribution < -0.4 is 5.73 Å². The molecule has 2 aromatic rings. The highest BCUT2D eigenvalue weighted by atomic mass is 35.5. The van der Waals surface area contributed by atoms with Crippen molar-refractivity contribution in [3.63, 3.8) is 0 Å². The molecule has 0 heterocycles. The molecule has 2 rings (SSSR count). The fourth-order valence-corrected chi connectivity index (χ4v) is 3.88. The first-order chi connectivity index (χ1) is 10.9. The Balaban J connectivity index is 2.46. The predicted molar refractivity (Wildman–Crippen MR) is 98.1 cm³/mol. The second-order valence-corrected chi connectivity index (χ2v) is 6.93. The number of hydrogen-bond donors (Lipinski definition) is 1. The number of benzene rings is 2. The van der Waals surface area contributed by atoms with Crippen LogP contribution in [0.15, 0.2) is 36.4 Å². The lowest BCUT2D eigenvalue weighted by atomic mass is 9.97. The molecule has 3 nitrogen and oxygen atoms in total. The van der Waals surface area contributed by atoms with Gasteiger partial charge in [0.25, 0.3) is 0 Å². The lowest BCUT2D eigenvalue weighted by Crippen LogP contribution is -2.09. The highest BCUT2D eigenvalue weighted by molar-refractivity contribution is 8.00. The van der Waals surface area contributed by atoms with Gasteiger partial charge in [0.15, 0.2) is 0 Å². The van der Waals surface area contributed by atoms with Crippen molar-refractivity contribution in [2.75, 3.05) is 18.6 Å². The number of hydrogen-bond acceptors (Lipinski definition) is 4. The number of nitrogens with two attached hydrogens (primary N) is 1. The summed E-state index contributed by atoms with van der Waals surface area (Å²) in [5.74, 6) is -0.00849. The zero-order valence-corrected chi connectivity index (χ0v) is 15.0. The largest absolute Gasteiger partial charge is 0.468 e. The lowest BCUT2D eigenvalue weighted by Gasteiger charge is -2.21. The summed E-state index contributed by atoms with van der Waals surface area (Å²) >= 11 is 7.64. The Morgan fingerprint density at radius 3 is 2.61 bits per heavy atom. The smallest absolute Gasteiger partial charge is 0.315 e. The number of ether oxygens (including phenoxy) is 1. The molecule has 0 aromatic heterocycles. The van der Waals surface area contributed by atoms with E-state index in [0.29, 0.717) is 10.7 Å². The van der Waals surface area contributed by atoms with Crippen LogP contribution in [0.25, 0.3) is 0 Å². The number of anilines is 1. The van der Waals surface area contributed by atoms with Gasteiger partial charge in [0.05, 0.1) is 18.1 Å². The molecule has 0 radical (unpaired) electrons. The molecule has 5 heteroatoms. The van der Waals surface area contributed by atoms with Gasteiger partial charge in [-0.3, -0.25) is 4.79 Å². The molecule has 1 unspecified atom stereocenters. The van der Waals surface area contributed by atoms with Crippen molar-refractivity contribution in [2.45, 2.75) is 19.1 Å². The molecule has 0 aliphatic carbocycles. The Hall–Kier alpha value is -1.65. The van der Waals surface area contributed by atoms with E-state index in [2.05, 4.69) is 32.0 Å². The first-order valence-electron chi connectivity index (χ1n) is 7.23. The van der Waals surface area contributed by atoms with Crippen LogP contribution in [0.2, 0.25) is 5.02 Å². The Morgan fingerprint density at radius 2 is 1.96 bits per heavy atom. The molecule has 0 saturated carbocycles. The number of methoxy groups -OCH3 is 1. The van der Waals surface area contributed by atoms with E-state index in [0.717, 1.165) is 16.7 Å². The van der Waals surface area contributed by atoms with Gasteiger partial charge in [-0.05, 0) is 48.7 Å². The maximum atomic E-state index is 11.6. The molecule has 2 N–H and O–H groups in total. The van der Waals surface area contributed by atoms with Crippen LogP contribution in [0.3, 0.4) is 0 Å². The Morgan fingerprint density at radius 1 is 1.22 bits per heavy atom. The standard InChI is InChI=1S/C18H20ClNO2S/c1-11-4-6-14(12(2)8-11)18(23-10-17(21)22-3)15-9-13(19)5-7-16(15)20/h4-9,18H,10,20H2,1-3H3. The van der Waals surface area contributed by atoms with E-state index in [4.69, 9.17) is 22.1 Å². The minimum atomic E-state index is -0.259. The number of aryl methyl sites for hydroxylation is 2. The first kappa shape index (κ1) is 17.7. The van der Waals surface area contributed by atoms with Crippen molar-refractivity contribution in [1.82, 2.24) is 0 Å². The normalized spacial score (nSPS) is 12.0. The SMILES string of the molecule is COC(=O)CSC(c1ccc(C)cc1C)c1cc(Cl)ccc1N.